The molecule has 4 nitrogen and oxygen atoms in total. The highest BCUT2D eigenvalue weighted by atomic mass is 16.5. The first-order chi connectivity index (χ1) is 10.2. The van der Waals surface area contributed by atoms with Crippen LogP contribution in [0.3, 0.4) is 0 Å². The first-order valence-corrected chi connectivity index (χ1v) is 7.30. The maximum Gasteiger partial charge on any atom is 0.330 e. The van der Waals surface area contributed by atoms with Crippen LogP contribution in [0, 0.1) is 28.6 Å². The van der Waals surface area contributed by atoms with Crippen molar-refractivity contribution in [3.8, 4) is 12.3 Å². The lowest BCUT2D eigenvalue weighted by Crippen LogP contribution is -2.24. The van der Waals surface area contributed by atoms with Gasteiger partial charge in [0.05, 0.1) is 17.9 Å². The molecule has 1 rings (SSSR count). The maximum atomic E-state index is 12.1. The molecule has 1 saturated carbocycles. The Hall–Kier alpha value is -2.02. The molecule has 0 unspecified atom stereocenters. The fourth-order valence-electron chi connectivity index (χ4n) is 3.68. The van der Waals surface area contributed by atoms with Crippen LogP contribution in [-0.4, -0.2) is 24.2 Å². The summed E-state index contributed by atoms with van der Waals surface area (Å²) < 4.78 is 4.58. The standard InChI is InChI=1S/C18H24O4/c1-7-9-13(3)12-18(15(20)21)16(4,5)17(18,8-2)11-10-14(19)22-6/h2,9-11H,7,12H2,1,3-6H3,(H,20,21)/t17-,18+/m0/s1. The van der Waals surface area contributed by atoms with Crippen LogP contribution in [0.5, 0.6) is 0 Å². The number of ether oxygens (including phenoxy) is 1. The Morgan fingerprint density at radius 1 is 1.36 bits per heavy atom. The third-order valence-electron chi connectivity index (χ3n) is 5.02. The Morgan fingerprint density at radius 2 is 1.95 bits per heavy atom. The van der Waals surface area contributed by atoms with Crippen molar-refractivity contribution < 1.29 is 19.4 Å². The van der Waals surface area contributed by atoms with Gasteiger partial charge >= 0.3 is 11.9 Å². The highest BCUT2D eigenvalue weighted by Gasteiger charge is 2.84. The van der Waals surface area contributed by atoms with E-state index >= 15 is 0 Å². The summed E-state index contributed by atoms with van der Waals surface area (Å²) in [5.41, 5.74) is -1.80. The molecule has 0 radical (unpaired) electrons. The molecule has 0 saturated heterocycles. The quantitative estimate of drug-likeness (QED) is 0.354. The molecule has 120 valence electrons. The van der Waals surface area contributed by atoms with Gasteiger partial charge in [-0.15, -0.1) is 6.42 Å². The summed E-state index contributed by atoms with van der Waals surface area (Å²) in [6, 6.07) is 0. The van der Waals surface area contributed by atoms with E-state index in [9.17, 15) is 14.7 Å². The molecule has 0 bridgehead atoms. The Bertz CT molecular complexity index is 576. The molecule has 0 aromatic carbocycles. The summed E-state index contributed by atoms with van der Waals surface area (Å²) in [5, 5.41) is 9.87. The summed E-state index contributed by atoms with van der Waals surface area (Å²) >= 11 is 0. The zero-order chi connectivity index (χ0) is 17.2. The number of allylic oxidation sites excluding steroid dienone is 3. The smallest absolute Gasteiger partial charge is 0.330 e. The molecule has 2 atom stereocenters. The SMILES string of the molecule is C#C[C@]1(C=CC(=O)OC)C(C)(C)[C@@]1(CC(C)=CCC)C(=O)O. The fraction of sp³-hybridized carbons (Fsp3) is 0.556. The molecule has 1 aliphatic carbocycles. The van der Waals surface area contributed by atoms with Gasteiger partial charge in [0.25, 0.3) is 0 Å². The summed E-state index contributed by atoms with van der Waals surface area (Å²) in [7, 11) is 1.27. The molecule has 1 N–H and O–H groups in total. The van der Waals surface area contributed by atoms with Crippen LogP contribution in [0.25, 0.3) is 0 Å². The Balaban J connectivity index is 3.36. The van der Waals surface area contributed by atoms with Crippen molar-refractivity contribution in [1.29, 1.82) is 0 Å². The third kappa shape index (κ3) is 2.25. The lowest BCUT2D eigenvalue weighted by molar-refractivity contribution is -0.145. The normalized spacial score (nSPS) is 29.9. The molecule has 22 heavy (non-hydrogen) atoms. The zero-order valence-corrected chi connectivity index (χ0v) is 13.9. The van der Waals surface area contributed by atoms with E-state index in [1.165, 1.54) is 19.3 Å². The van der Waals surface area contributed by atoms with Gasteiger partial charge in [-0.25, -0.2) is 4.79 Å². The topological polar surface area (TPSA) is 63.6 Å². The van der Waals surface area contributed by atoms with Gasteiger partial charge in [-0.1, -0.05) is 44.4 Å². The van der Waals surface area contributed by atoms with Crippen LogP contribution in [0.4, 0.5) is 0 Å². The van der Waals surface area contributed by atoms with E-state index in [0.29, 0.717) is 6.42 Å². The van der Waals surface area contributed by atoms with E-state index in [1.54, 1.807) is 0 Å². The monoisotopic (exact) mass is 304 g/mol. The van der Waals surface area contributed by atoms with Crippen molar-refractivity contribution in [3.05, 3.63) is 23.8 Å². The minimum Gasteiger partial charge on any atom is -0.481 e. The van der Waals surface area contributed by atoms with Crippen molar-refractivity contribution in [1.82, 2.24) is 0 Å². The molecular formula is C18H24O4. The predicted molar refractivity (Wildman–Crippen MR) is 84.9 cm³/mol. The molecule has 0 heterocycles. The second kappa shape index (κ2) is 6.00. The highest BCUT2D eigenvalue weighted by Crippen LogP contribution is 2.80. The molecular weight excluding hydrogens is 280 g/mol. The van der Waals surface area contributed by atoms with Gasteiger partial charge in [-0.3, -0.25) is 4.79 Å². The average Bonchev–Trinajstić information content (AvgIpc) is 2.87. The molecule has 0 aliphatic heterocycles. The fourth-order valence-corrected chi connectivity index (χ4v) is 3.68. The molecule has 0 aromatic heterocycles. The first-order valence-electron chi connectivity index (χ1n) is 7.30. The van der Waals surface area contributed by atoms with E-state index in [-0.39, 0.29) is 0 Å². The highest BCUT2D eigenvalue weighted by molar-refractivity contribution is 5.88. The summed E-state index contributed by atoms with van der Waals surface area (Å²) in [6.45, 7) is 7.58. The first kappa shape index (κ1) is 18.0. The number of aliphatic carboxylic acids is 1. The maximum absolute atomic E-state index is 12.1. The largest absolute Gasteiger partial charge is 0.481 e. The molecule has 0 aromatic rings. The van der Waals surface area contributed by atoms with Crippen LogP contribution < -0.4 is 0 Å². The van der Waals surface area contributed by atoms with Gasteiger partial charge in [0.2, 0.25) is 0 Å². The minimum absolute atomic E-state index is 0.360. The van der Waals surface area contributed by atoms with E-state index in [2.05, 4.69) is 10.7 Å². The Kier molecular flexibility index (Phi) is 4.92. The lowest BCUT2D eigenvalue weighted by Gasteiger charge is -2.16. The van der Waals surface area contributed by atoms with Gasteiger partial charge < -0.3 is 9.84 Å². The summed E-state index contributed by atoms with van der Waals surface area (Å²) in [5.74, 6) is 1.16. The van der Waals surface area contributed by atoms with Crippen LogP contribution >= 0.6 is 0 Å². The molecule has 0 spiro atoms. The number of carboxylic acids is 1. The van der Waals surface area contributed by atoms with Gasteiger partial charge in [-0.2, -0.15) is 0 Å². The second-order valence-electron chi connectivity index (χ2n) is 6.28. The number of rotatable bonds is 6. The number of terminal acetylenes is 1. The average molecular weight is 304 g/mol. The van der Waals surface area contributed by atoms with E-state index in [0.717, 1.165) is 12.0 Å². The molecule has 4 heteroatoms. The molecule has 1 fully saturated rings. The van der Waals surface area contributed by atoms with Gasteiger partial charge in [-0.05, 0) is 19.8 Å². The van der Waals surface area contributed by atoms with Crippen molar-refractivity contribution >= 4 is 11.9 Å². The Labute approximate surface area is 132 Å². The van der Waals surface area contributed by atoms with Gasteiger partial charge in [0.15, 0.2) is 0 Å². The van der Waals surface area contributed by atoms with Crippen LogP contribution in [0.15, 0.2) is 23.8 Å². The van der Waals surface area contributed by atoms with Gasteiger partial charge in [0, 0.05) is 11.5 Å². The van der Waals surface area contributed by atoms with Crippen molar-refractivity contribution in [2.75, 3.05) is 7.11 Å². The van der Waals surface area contributed by atoms with E-state index in [4.69, 9.17) is 6.42 Å². The lowest BCUT2D eigenvalue weighted by atomic mass is 9.86. The minimum atomic E-state index is -1.12. The van der Waals surface area contributed by atoms with Crippen molar-refractivity contribution in [2.45, 2.75) is 40.5 Å². The Morgan fingerprint density at radius 3 is 2.36 bits per heavy atom. The summed E-state index contributed by atoms with van der Waals surface area (Å²) in [6.07, 6.45) is 11.6. The zero-order valence-electron chi connectivity index (χ0n) is 13.9. The predicted octanol–water partition coefficient (Wildman–Crippen LogP) is 3.19. The summed E-state index contributed by atoms with van der Waals surface area (Å²) in [4.78, 5) is 23.4. The number of hydrogen-bond donors (Lipinski definition) is 1. The van der Waals surface area contributed by atoms with Gasteiger partial charge in [0.1, 0.15) is 0 Å². The molecule has 0 amide bonds. The van der Waals surface area contributed by atoms with Crippen LogP contribution in [-0.2, 0) is 14.3 Å². The number of carbonyl (C=O) groups excluding carboxylic acids is 1. The number of carboxylic acid groups (broad SMARTS) is 1. The molecule has 1 aliphatic rings. The van der Waals surface area contributed by atoms with Crippen molar-refractivity contribution in [2.24, 2.45) is 16.2 Å². The second-order valence-corrected chi connectivity index (χ2v) is 6.28. The number of methoxy groups -OCH3 is 1. The third-order valence-corrected chi connectivity index (χ3v) is 5.02. The number of carbonyl (C=O) groups is 2. The number of hydrogen-bond acceptors (Lipinski definition) is 3. The van der Waals surface area contributed by atoms with Crippen molar-refractivity contribution in [3.63, 3.8) is 0 Å². The van der Waals surface area contributed by atoms with Crippen LogP contribution in [0.1, 0.15) is 40.5 Å². The van der Waals surface area contributed by atoms with E-state index in [1.807, 2.05) is 33.8 Å². The van der Waals surface area contributed by atoms with E-state index < -0.39 is 28.2 Å². The number of esters is 1. The van der Waals surface area contributed by atoms with Crippen LogP contribution in [0.2, 0.25) is 0 Å².